The molecule has 1 atom stereocenters. The Hall–Kier alpha value is -2.50. The summed E-state index contributed by atoms with van der Waals surface area (Å²) in [5, 5.41) is 9.36. The van der Waals surface area contributed by atoms with Gasteiger partial charge < -0.3 is 14.6 Å². The van der Waals surface area contributed by atoms with Crippen LogP contribution in [-0.4, -0.2) is 36.0 Å². The number of rotatable bonds is 5. The first-order valence-corrected chi connectivity index (χ1v) is 10.2. The van der Waals surface area contributed by atoms with Crippen molar-refractivity contribution in [2.24, 2.45) is 0 Å². The van der Waals surface area contributed by atoms with Crippen LogP contribution in [0, 0.1) is 0 Å². The molecule has 0 amide bonds. The minimum atomic E-state index is -1.00. The second-order valence-electron chi connectivity index (χ2n) is 6.88. The molecule has 5 heteroatoms. The Morgan fingerprint density at radius 3 is 2.37 bits per heavy atom. The van der Waals surface area contributed by atoms with Crippen molar-refractivity contribution in [1.29, 1.82) is 0 Å². The summed E-state index contributed by atoms with van der Waals surface area (Å²) in [4.78, 5) is 14.2. The number of nitrogens with zero attached hydrogens (tertiary/aromatic N) is 1. The van der Waals surface area contributed by atoms with Crippen LogP contribution in [0.2, 0.25) is 0 Å². The molecule has 140 valence electrons. The normalized spacial score (nSPS) is 15.8. The molecule has 27 heavy (non-hydrogen) atoms. The maximum Gasteiger partial charge on any atom is 0.307 e. The smallest absolute Gasteiger partial charge is 0.307 e. The van der Waals surface area contributed by atoms with Crippen LogP contribution in [0.1, 0.15) is 30.0 Å². The topological polar surface area (TPSA) is 63.6 Å². The van der Waals surface area contributed by atoms with E-state index in [2.05, 4.69) is 18.2 Å². The zero-order valence-corrected chi connectivity index (χ0v) is 16.8. The summed E-state index contributed by atoms with van der Waals surface area (Å²) in [7, 11) is 3.94. The molecule has 0 radical (unpaired) electrons. The quantitative estimate of drug-likeness (QED) is 0.785. The van der Waals surface area contributed by atoms with E-state index in [9.17, 15) is 14.5 Å². The number of fused-ring (bicyclic) bond motifs is 1. The predicted molar refractivity (Wildman–Crippen MR) is 112 cm³/mol. The molecule has 1 N–H and O–H groups in total. The van der Waals surface area contributed by atoms with E-state index in [-0.39, 0.29) is 6.42 Å². The van der Waals surface area contributed by atoms with Crippen LogP contribution in [0.5, 0.6) is 0 Å². The summed E-state index contributed by atoms with van der Waals surface area (Å²) in [6.45, 7) is 1.98. The Kier molecular flexibility index (Phi) is 5.44. The summed E-state index contributed by atoms with van der Waals surface area (Å²) in [6, 6.07) is 13.8. The number of allylic oxidation sites excluding steroid dienone is 2. The maximum atomic E-state index is 11.6. The number of aliphatic carboxylic acids is 1. The first kappa shape index (κ1) is 19.3. The minimum Gasteiger partial charge on any atom is -0.612 e. The van der Waals surface area contributed by atoms with E-state index in [1.165, 1.54) is 0 Å². The first-order valence-electron chi connectivity index (χ1n) is 8.67. The third-order valence-corrected chi connectivity index (χ3v) is 5.78. The van der Waals surface area contributed by atoms with E-state index >= 15 is 0 Å². The molecule has 1 unspecified atom stereocenters. The number of carbonyl (C=O) groups is 1. The fourth-order valence-corrected chi connectivity index (χ4v) is 3.87. The SMILES string of the molecule is CC1=C(CC(=O)O)c2cc(N(C)C)ccc2C1=Cc1ccc([S+](C)[O-])cc1. The van der Waals surface area contributed by atoms with Gasteiger partial charge in [0, 0.05) is 19.8 Å². The molecule has 2 aromatic carbocycles. The Morgan fingerprint density at radius 2 is 1.81 bits per heavy atom. The lowest BCUT2D eigenvalue weighted by atomic mass is 10.00. The average molecular weight is 381 g/mol. The van der Waals surface area contributed by atoms with Crippen LogP contribution in [-0.2, 0) is 16.0 Å². The van der Waals surface area contributed by atoms with E-state index < -0.39 is 17.1 Å². The van der Waals surface area contributed by atoms with Gasteiger partial charge in [-0.3, -0.25) is 4.79 Å². The van der Waals surface area contributed by atoms with Crippen molar-refractivity contribution in [3.63, 3.8) is 0 Å². The number of benzene rings is 2. The number of anilines is 1. The Bertz CT molecular complexity index is 941. The molecule has 1 aliphatic carbocycles. The highest BCUT2D eigenvalue weighted by Gasteiger charge is 2.25. The lowest BCUT2D eigenvalue weighted by Gasteiger charge is -2.15. The van der Waals surface area contributed by atoms with Crippen LogP contribution in [0.25, 0.3) is 17.2 Å². The van der Waals surface area contributed by atoms with Crippen LogP contribution in [0.15, 0.2) is 52.9 Å². The molecule has 1 aliphatic rings. The second-order valence-corrected chi connectivity index (χ2v) is 8.26. The third-order valence-electron chi connectivity index (χ3n) is 4.84. The van der Waals surface area contributed by atoms with E-state index in [1.807, 2.05) is 56.3 Å². The van der Waals surface area contributed by atoms with Crippen LogP contribution in [0.4, 0.5) is 5.69 Å². The molecule has 0 aromatic heterocycles. The molecule has 0 heterocycles. The van der Waals surface area contributed by atoms with Crippen molar-refractivity contribution < 1.29 is 14.5 Å². The average Bonchev–Trinajstić information content (AvgIpc) is 2.87. The van der Waals surface area contributed by atoms with Crippen LogP contribution in [0.3, 0.4) is 0 Å². The maximum absolute atomic E-state index is 11.6. The molecule has 0 aliphatic heterocycles. The highest BCUT2D eigenvalue weighted by atomic mass is 32.2. The Balaban J connectivity index is 2.10. The predicted octanol–water partition coefficient (Wildman–Crippen LogP) is 4.29. The number of carboxylic acid groups (broad SMARTS) is 1. The van der Waals surface area contributed by atoms with Gasteiger partial charge in [-0.05, 0) is 94.0 Å². The largest absolute Gasteiger partial charge is 0.612 e. The third kappa shape index (κ3) is 3.94. The van der Waals surface area contributed by atoms with Gasteiger partial charge in [-0.2, -0.15) is 0 Å². The van der Waals surface area contributed by atoms with Crippen molar-refractivity contribution in [3.8, 4) is 0 Å². The molecule has 0 saturated carbocycles. The van der Waals surface area contributed by atoms with Crippen molar-refractivity contribution >= 4 is 40.1 Å². The van der Waals surface area contributed by atoms with Crippen LogP contribution >= 0.6 is 0 Å². The van der Waals surface area contributed by atoms with Gasteiger partial charge in [-0.15, -0.1) is 0 Å². The van der Waals surface area contributed by atoms with Gasteiger partial charge >= 0.3 is 5.97 Å². The van der Waals surface area contributed by atoms with E-state index in [1.54, 1.807) is 6.26 Å². The summed E-state index contributed by atoms with van der Waals surface area (Å²) in [6.07, 6.45) is 3.73. The van der Waals surface area contributed by atoms with Crippen molar-refractivity contribution in [1.82, 2.24) is 0 Å². The lowest BCUT2D eigenvalue weighted by molar-refractivity contribution is -0.135. The van der Waals surface area contributed by atoms with Gasteiger partial charge in [-0.1, -0.05) is 6.07 Å². The van der Waals surface area contributed by atoms with E-state index in [0.29, 0.717) is 0 Å². The van der Waals surface area contributed by atoms with Gasteiger partial charge in [0.05, 0.1) is 6.42 Å². The fraction of sp³-hybridized carbons (Fsp3) is 0.227. The molecule has 0 saturated heterocycles. The van der Waals surface area contributed by atoms with Crippen LogP contribution < -0.4 is 4.90 Å². The number of carboxylic acids is 1. The molecular formula is C22H23NO3S. The summed E-state index contributed by atoms with van der Waals surface area (Å²) in [5.41, 5.74) is 6.97. The lowest BCUT2D eigenvalue weighted by Crippen LogP contribution is -2.09. The molecule has 2 aromatic rings. The van der Waals surface area contributed by atoms with E-state index in [0.717, 1.165) is 44.0 Å². The first-order chi connectivity index (χ1) is 12.8. The summed E-state index contributed by atoms with van der Waals surface area (Å²) < 4.78 is 11.6. The molecule has 0 bridgehead atoms. The van der Waals surface area contributed by atoms with Crippen molar-refractivity contribution in [2.45, 2.75) is 18.2 Å². The Labute approximate surface area is 163 Å². The zero-order chi connectivity index (χ0) is 19.7. The number of hydrogen-bond acceptors (Lipinski definition) is 3. The van der Waals surface area contributed by atoms with Gasteiger partial charge in [0.25, 0.3) is 0 Å². The molecule has 0 spiro atoms. The monoisotopic (exact) mass is 381 g/mol. The number of hydrogen-bond donors (Lipinski definition) is 1. The van der Waals surface area contributed by atoms with Gasteiger partial charge in [-0.25, -0.2) is 0 Å². The van der Waals surface area contributed by atoms with Crippen molar-refractivity contribution in [2.75, 3.05) is 25.3 Å². The highest BCUT2D eigenvalue weighted by Crippen LogP contribution is 2.44. The van der Waals surface area contributed by atoms with Crippen molar-refractivity contribution in [3.05, 3.63) is 64.7 Å². The molecule has 0 fully saturated rings. The highest BCUT2D eigenvalue weighted by molar-refractivity contribution is 7.90. The molecular weight excluding hydrogens is 358 g/mol. The van der Waals surface area contributed by atoms with Gasteiger partial charge in [0.15, 0.2) is 4.90 Å². The molecule has 4 nitrogen and oxygen atoms in total. The van der Waals surface area contributed by atoms with E-state index in [4.69, 9.17) is 0 Å². The van der Waals surface area contributed by atoms with Gasteiger partial charge in [0.1, 0.15) is 6.26 Å². The zero-order valence-electron chi connectivity index (χ0n) is 15.9. The summed E-state index contributed by atoms with van der Waals surface area (Å²) in [5.74, 6) is -0.832. The standard InChI is InChI=1S/C22H23NO3S/c1-14-19(11-15-5-8-17(9-6-15)27(4)26)18-10-7-16(23(2)3)12-21(18)20(14)13-22(24)25/h5-12H,13H2,1-4H3,(H,24,25). The summed E-state index contributed by atoms with van der Waals surface area (Å²) >= 11 is -1.00. The Morgan fingerprint density at radius 1 is 1.15 bits per heavy atom. The fourth-order valence-electron chi connectivity index (χ4n) is 3.35. The second kappa shape index (κ2) is 7.62. The van der Waals surface area contributed by atoms with Gasteiger partial charge in [0.2, 0.25) is 0 Å². The molecule has 3 rings (SSSR count). The minimum absolute atomic E-state index is 0.000803.